The number of aromatic hydroxyl groups is 2. The molecular weight excluding hydrogens is 504 g/mol. The summed E-state index contributed by atoms with van der Waals surface area (Å²) in [4.78, 5) is 0. The zero-order valence-corrected chi connectivity index (χ0v) is 22.5. The molecule has 6 rings (SSSR count). The number of phenolic OH excluding ortho intramolecular Hbond substituents is 2. The van der Waals surface area contributed by atoms with Crippen LogP contribution in [0.2, 0.25) is 0 Å². The molecule has 0 spiro atoms. The molecule has 0 radical (unpaired) electrons. The van der Waals surface area contributed by atoms with Crippen LogP contribution in [-0.4, -0.2) is 49.9 Å². The third-order valence-electron chi connectivity index (χ3n) is 7.61. The Labute approximate surface area is 234 Å². The highest BCUT2D eigenvalue weighted by molar-refractivity contribution is 5.55. The Bertz CT molecular complexity index is 1300. The summed E-state index contributed by atoms with van der Waals surface area (Å²) in [6.45, 7) is 2.54. The van der Waals surface area contributed by atoms with Crippen LogP contribution < -0.4 is 9.47 Å². The largest absolute Gasteiger partial charge is 0.507 e. The van der Waals surface area contributed by atoms with E-state index >= 15 is 0 Å². The smallest absolute Gasteiger partial charge is 0.126 e. The molecule has 2 aliphatic rings. The van der Waals surface area contributed by atoms with E-state index in [2.05, 4.69) is 0 Å². The summed E-state index contributed by atoms with van der Waals surface area (Å²) in [5.41, 5.74) is 7.21. The molecule has 206 valence electrons. The van der Waals surface area contributed by atoms with Crippen molar-refractivity contribution < 1.29 is 29.2 Å². The van der Waals surface area contributed by atoms with Crippen LogP contribution in [0.3, 0.4) is 0 Å². The molecule has 1 aliphatic carbocycles. The molecule has 0 saturated heterocycles. The van der Waals surface area contributed by atoms with Gasteiger partial charge in [0.2, 0.25) is 0 Å². The molecule has 1 aliphatic heterocycles. The minimum Gasteiger partial charge on any atom is -0.507 e. The lowest BCUT2D eigenvalue weighted by atomic mass is 9.91. The van der Waals surface area contributed by atoms with Gasteiger partial charge in [-0.05, 0) is 44.5 Å². The number of fused-ring (bicyclic) bond motifs is 2. The predicted octanol–water partition coefficient (Wildman–Crippen LogP) is 5.58. The van der Waals surface area contributed by atoms with Crippen LogP contribution in [-0.2, 0) is 35.2 Å². The van der Waals surface area contributed by atoms with Crippen molar-refractivity contribution in [1.29, 1.82) is 0 Å². The van der Waals surface area contributed by atoms with Crippen LogP contribution in [0.15, 0.2) is 72.8 Å². The van der Waals surface area contributed by atoms with Crippen molar-refractivity contribution in [1.82, 2.24) is 0 Å². The van der Waals surface area contributed by atoms with E-state index in [1.54, 1.807) is 0 Å². The molecule has 6 nitrogen and oxygen atoms in total. The van der Waals surface area contributed by atoms with Crippen molar-refractivity contribution in [2.75, 3.05) is 39.6 Å². The maximum absolute atomic E-state index is 11.4. The molecule has 4 aromatic carbocycles. The number of para-hydroxylation sites is 4. The van der Waals surface area contributed by atoms with Gasteiger partial charge >= 0.3 is 0 Å². The van der Waals surface area contributed by atoms with Gasteiger partial charge in [-0.2, -0.15) is 0 Å². The highest BCUT2D eigenvalue weighted by Gasteiger charge is 2.20. The summed E-state index contributed by atoms with van der Waals surface area (Å²) in [5, 5.41) is 22.9. The second kappa shape index (κ2) is 12.0. The molecule has 0 amide bonds. The van der Waals surface area contributed by atoms with Crippen molar-refractivity contribution in [3.8, 4) is 23.0 Å². The predicted molar refractivity (Wildman–Crippen MR) is 153 cm³/mol. The second-order valence-electron chi connectivity index (χ2n) is 10.3. The Morgan fingerprint density at radius 3 is 0.975 bits per heavy atom. The van der Waals surface area contributed by atoms with Crippen LogP contribution in [0.1, 0.15) is 44.5 Å². The van der Waals surface area contributed by atoms with Gasteiger partial charge in [0.05, 0.1) is 26.4 Å². The molecule has 40 heavy (non-hydrogen) atoms. The van der Waals surface area contributed by atoms with Crippen LogP contribution in [0.4, 0.5) is 0 Å². The molecule has 0 fully saturated rings. The Morgan fingerprint density at radius 2 is 0.650 bits per heavy atom. The SMILES string of the molecule is Oc1c2cccc1Cc1cccc3c1OCCOCCOCCOc1c(cccc1Cc1cccc(c1O)C3)C2. The van der Waals surface area contributed by atoms with E-state index in [9.17, 15) is 10.2 Å². The molecule has 6 heteroatoms. The highest BCUT2D eigenvalue weighted by Crippen LogP contribution is 2.37. The summed E-state index contributed by atoms with van der Waals surface area (Å²) < 4.78 is 24.2. The molecule has 0 atom stereocenters. The topological polar surface area (TPSA) is 77.4 Å². The van der Waals surface area contributed by atoms with Crippen LogP contribution in [0.25, 0.3) is 0 Å². The number of hydrogen-bond acceptors (Lipinski definition) is 6. The Balaban J connectivity index is 1.55. The van der Waals surface area contributed by atoms with Crippen LogP contribution in [0.5, 0.6) is 23.0 Å². The Morgan fingerprint density at radius 1 is 0.375 bits per heavy atom. The third-order valence-corrected chi connectivity index (χ3v) is 7.61. The number of ether oxygens (including phenoxy) is 4. The quantitative estimate of drug-likeness (QED) is 0.268. The molecule has 10 bridgehead atoms. The minimum atomic E-state index is 0.287. The van der Waals surface area contributed by atoms with Gasteiger partial charge in [-0.3, -0.25) is 0 Å². The van der Waals surface area contributed by atoms with Gasteiger partial charge in [0.15, 0.2) is 0 Å². The third kappa shape index (κ3) is 5.64. The van der Waals surface area contributed by atoms with Crippen LogP contribution in [0, 0.1) is 0 Å². The zero-order valence-electron chi connectivity index (χ0n) is 22.5. The molecule has 0 aromatic heterocycles. The second-order valence-corrected chi connectivity index (χ2v) is 10.3. The average molecular weight is 539 g/mol. The number of hydrogen-bond donors (Lipinski definition) is 2. The fraction of sp³-hybridized carbons (Fsp3) is 0.294. The van der Waals surface area contributed by atoms with Gasteiger partial charge in [-0.1, -0.05) is 72.8 Å². The van der Waals surface area contributed by atoms with E-state index in [1.165, 1.54) is 0 Å². The van der Waals surface area contributed by atoms with E-state index in [4.69, 9.17) is 18.9 Å². The van der Waals surface area contributed by atoms with E-state index in [0.29, 0.717) is 65.3 Å². The molecule has 0 unspecified atom stereocenters. The van der Waals surface area contributed by atoms with Gasteiger partial charge in [-0.25, -0.2) is 0 Å². The Hall–Kier alpha value is -4.00. The van der Waals surface area contributed by atoms with E-state index in [0.717, 1.165) is 56.0 Å². The fourth-order valence-corrected chi connectivity index (χ4v) is 5.61. The highest BCUT2D eigenvalue weighted by atomic mass is 16.6. The van der Waals surface area contributed by atoms with E-state index < -0.39 is 0 Å². The summed E-state index contributed by atoms with van der Waals surface area (Å²) >= 11 is 0. The fourth-order valence-electron chi connectivity index (χ4n) is 5.61. The van der Waals surface area contributed by atoms with Gasteiger partial charge in [-0.15, -0.1) is 0 Å². The monoisotopic (exact) mass is 538 g/mol. The lowest BCUT2D eigenvalue weighted by Gasteiger charge is -2.20. The van der Waals surface area contributed by atoms with Gasteiger partial charge in [0.25, 0.3) is 0 Å². The zero-order chi connectivity index (χ0) is 27.3. The molecular formula is C34H34O6. The van der Waals surface area contributed by atoms with Gasteiger partial charge < -0.3 is 29.2 Å². The van der Waals surface area contributed by atoms with Crippen molar-refractivity contribution >= 4 is 0 Å². The molecule has 4 aromatic rings. The van der Waals surface area contributed by atoms with Crippen molar-refractivity contribution in [3.63, 3.8) is 0 Å². The van der Waals surface area contributed by atoms with Gasteiger partial charge in [0.1, 0.15) is 36.2 Å². The van der Waals surface area contributed by atoms with Crippen molar-refractivity contribution in [2.45, 2.75) is 25.7 Å². The summed E-state index contributed by atoms with van der Waals surface area (Å²) in [6.07, 6.45) is 2.03. The summed E-state index contributed by atoms with van der Waals surface area (Å²) in [7, 11) is 0. The first kappa shape index (κ1) is 26.2. The first-order chi connectivity index (χ1) is 19.7. The first-order valence-electron chi connectivity index (χ1n) is 13.9. The standard InChI is InChI=1S/C34H34O6/c35-31-23-5-1-6-24(31)20-28-10-4-12-30-22-26-8-2-7-25(32(26)36)21-29-11-3-9-27(19-23)33(29)39-17-15-37-13-14-38-16-18-40-34(28)30/h1-12,35-36H,13-22H2. The van der Waals surface area contributed by atoms with Gasteiger partial charge in [0, 0.05) is 25.7 Å². The lowest BCUT2D eigenvalue weighted by molar-refractivity contribution is 0.0271. The lowest BCUT2D eigenvalue weighted by Crippen LogP contribution is -2.14. The molecule has 0 saturated carbocycles. The van der Waals surface area contributed by atoms with Crippen molar-refractivity contribution in [3.05, 3.63) is 117 Å². The normalized spacial score (nSPS) is 15.9. The number of rotatable bonds is 0. The average Bonchev–Trinajstić information content (AvgIpc) is 2.95. The molecule has 1 heterocycles. The minimum absolute atomic E-state index is 0.287. The van der Waals surface area contributed by atoms with Crippen molar-refractivity contribution in [2.24, 2.45) is 0 Å². The number of benzene rings is 4. The maximum atomic E-state index is 11.4. The maximum Gasteiger partial charge on any atom is 0.126 e. The number of phenols is 2. The summed E-state index contributed by atoms with van der Waals surface area (Å²) in [6, 6.07) is 24.0. The van der Waals surface area contributed by atoms with E-state index in [1.807, 2.05) is 72.8 Å². The summed E-state index contributed by atoms with van der Waals surface area (Å²) in [5.74, 6) is 2.11. The molecule has 2 N–H and O–H groups in total. The first-order valence-corrected chi connectivity index (χ1v) is 13.9. The van der Waals surface area contributed by atoms with Crippen LogP contribution >= 0.6 is 0 Å². The Kier molecular flexibility index (Phi) is 7.89. The van der Waals surface area contributed by atoms with E-state index in [-0.39, 0.29) is 11.5 Å².